The number of rotatable bonds is 2. The lowest BCUT2D eigenvalue weighted by atomic mass is 9.81. The van der Waals surface area contributed by atoms with Crippen LogP contribution in [0.25, 0.3) is 11.0 Å². The second kappa shape index (κ2) is 5.16. The third kappa shape index (κ3) is 2.35. The summed E-state index contributed by atoms with van der Waals surface area (Å²) in [6, 6.07) is 5.22. The maximum absolute atomic E-state index is 12.6. The van der Waals surface area contributed by atoms with E-state index in [-0.39, 0.29) is 11.6 Å². The Morgan fingerprint density at radius 3 is 2.67 bits per heavy atom. The molecule has 0 unspecified atom stereocenters. The van der Waals surface area contributed by atoms with Gasteiger partial charge >= 0.3 is 0 Å². The average Bonchev–Trinajstić information content (AvgIpc) is 2.46. The molecule has 5 heteroatoms. The molecule has 3 rings (SSSR count). The molecule has 2 aromatic heterocycles. The number of nitrogens with zero attached hydrogens (tertiary/aromatic N) is 2. The van der Waals surface area contributed by atoms with Crippen LogP contribution in [0.15, 0.2) is 24.4 Å². The zero-order valence-corrected chi connectivity index (χ0v) is 11.6. The summed E-state index contributed by atoms with van der Waals surface area (Å²) in [5, 5.41) is 0.724. The second-order valence-corrected chi connectivity index (χ2v) is 5.25. The molecule has 0 spiro atoms. The first-order chi connectivity index (χ1) is 10.1. The van der Waals surface area contributed by atoms with Crippen molar-refractivity contribution in [3.8, 4) is 0 Å². The molecular formula is C16H14N2O3. The number of hydrogen-bond donors (Lipinski definition) is 0. The molecule has 0 bridgehead atoms. The summed E-state index contributed by atoms with van der Waals surface area (Å²) in [6.45, 7) is 1.69. The van der Waals surface area contributed by atoms with Gasteiger partial charge in [0.2, 0.25) is 0 Å². The van der Waals surface area contributed by atoms with Gasteiger partial charge in [-0.05, 0) is 31.5 Å². The Balaban J connectivity index is 2.06. The number of Topliss-reactive ketones (excluding diaryl/α,β-unsaturated/α-hetero) is 3. The first kappa shape index (κ1) is 13.5. The molecule has 0 aromatic carbocycles. The highest BCUT2D eigenvalue weighted by molar-refractivity contribution is 6.25. The predicted molar refractivity (Wildman–Crippen MR) is 76.0 cm³/mol. The normalized spacial score (nSPS) is 16.4. The smallest absolute Gasteiger partial charge is 0.182 e. The fraction of sp³-hybridized carbons (Fsp3) is 0.312. The topological polar surface area (TPSA) is 77.0 Å². The minimum absolute atomic E-state index is 0.276. The van der Waals surface area contributed by atoms with E-state index in [0.29, 0.717) is 36.2 Å². The van der Waals surface area contributed by atoms with Gasteiger partial charge in [0.15, 0.2) is 23.0 Å². The molecule has 2 aromatic rings. The van der Waals surface area contributed by atoms with Gasteiger partial charge in [0.05, 0.1) is 5.69 Å². The third-order valence-corrected chi connectivity index (χ3v) is 3.80. The predicted octanol–water partition coefficient (Wildman–Crippen LogP) is 2.06. The molecule has 0 radical (unpaired) electrons. The number of ketones is 3. The molecule has 1 fully saturated rings. The van der Waals surface area contributed by atoms with E-state index in [1.54, 1.807) is 31.3 Å². The molecule has 0 amide bonds. The molecule has 21 heavy (non-hydrogen) atoms. The molecule has 0 N–H and O–H groups in total. The number of carbonyl (C=O) groups is 3. The van der Waals surface area contributed by atoms with Crippen LogP contribution in [0.5, 0.6) is 0 Å². The van der Waals surface area contributed by atoms with Crippen molar-refractivity contribution in [3.63, 3.8) is 0 Å². The monoisotopic (exact) mass is 282 g/mol. The van der Waals surface area contributed by atoms with E-state index in [1.165, 1.54) is 0 Å². The summed E-state index contributed by atoms with van der Waals surface area (Å²) < 4.78 is 0. The van der Waals surface area contributed by atoms with Crippen LogP contribution >= 0.6 is 0 Å². The zero-order valence-electron chi connectivity index (χ0n) is 11.6. The van der Waals surface area contributed by atoms with Gasteiger partial charge in [-0.3, -0.25) is 14.4 Å². The Bertz CT molecular complexity index is 751. The van der Waals surface area contributed by atoms with E-state index in [4.69, 9.17) is 0 Å². The Kier molecular flexibility index (Phi) is 3.33. The van der Waals surface area contributed by atoms with Crippen molar-refractivity contribution in [1.82, 2.24) is 9.97 Å². The van der Waals surface area contributed by atoms with E-state index in [2.05, 4.69) is 9.97 Å². The summed E-state index contributed by atoms with van der Waals surface area (Å²) in [6.07, 6.45) is 2.76. The Morgan fingerprint density at radius 1 is 1.24 bits per heavy atom. The highest BCUT2D eigenvalue weighted by Crippen LogP contribution is 2.24. The van der Waals surface area contributed by atoms with Crippen molar-refractivity contribution in [3.05, 3.63) is 35.7 Å². The van der Waals surface area contributed by atoms with Crippen LogP contribution in [0.1, 0.15) is 35.3 Å². The summed E-state index contributed by atoms with van der Waals surface area (Å²) >= 11 is 0. The molecule has 2 heterocycles. The fourth-order valence-corrected chi connectivity index (χ4v) is 2.70. The van der Waals surface area contributed by atoms with Crippen molar-refractivity contribution in [1.29, 1.82) is 0 Å². The quantitative estimate of drug-likeness (QED) is 0.622. The van der Waals surface area contributed by atoms with Crippen molar-refractivity contribution >= 4 is 28.4 Å². The zero-order chi connectivity index (χ0) is 15.0. The number of pyridine rings is 2. The first-order valence-corrected chi connectivity index (χ1v) is 6.90. The van der Waals surface area contributed by atoms with Gasteiger partial charge < -0.3 is 0 Å². The van der Waals surface area contributed by atoms with Gasteiger partial charge in [-0.15, -0.1) is 0 Å². The van der Waals surface area contributed by atoms with Crippen LogP contribution in [0, 0.1) is 12.8 Å². The SMILES string of the molecule is Cc1nc2ncccc2cc1C(=O)C1C(=O)CCCC1=O. The van der Waals surface area contributed by atoms with E-state index in [9.17, 15) is 14.4 Å². The van der Waals surface area contributed by atoms with Crippen LogP contribution in [-0.4, -0.2) is 27.3 Å². The van der Waals surface area contributed by atoms with Gasteiger partial charge in [0.1, 0.15) is 5.92 Å². The lowest BCUT2D eigenvalue weighted by molar-refractivity contribution is -0.133. The number of hydrogen-bond acceptors (Lipinski definition) is 5. The van der Waals surface area contributed by atoms with Crippen molar-refractivity contribution in [2.45, 2.75) is 26.2 Å². The highest BCUT2D eigenvalue weighted by atomic mass is 16.2. The van der Waals surface area contributed by atoms with Crippen LogP contribution in [0.3, 0.4) is 0 Å². The molecule has 0 aliphatic heterocycles. The number of carbonyl (C=O) groups excluding carboxylic acids is 3. The van der Waals surface area contributed by atoms with Gasteiger partial charge in [0, 0.05) is 30.0 Å². The largest absolute Gasteiger partial charge is 0.298 e. The van der Waals surface area contributed by atoms with Crippen LogP contribution in [0.4, 0.5) is 0 Å². The number of aryl methyl sites for hydroxylation is 1. The van der Waals surface area contributed by atoms with Gasteiger partial charge in [-0.2, -0.15) is 0 Å². The molecule has 0 saturated heterocycles. The maximum Gasteiger partial charge on any atom is 0.182 e. The maximum atomic E-state index is 12.6. The van der Waals surface area contributed by atoms with E-state index in [0.717, 1.165) is 5.39 Å². The third-order valence-electron chi connectivity index (χ3n) is 3.80. The Labute approximate surface area is 121 Å². The van der Waals surface area contributed by atoms with E-state index >= 15 is 0 Å². The molecule has 0 atom stereocenters. The van der Waals surface area contributed by atoms with Crippen LogP contribution < -0.4 is 0 Å². The number of aromatic nitrogens is 2. The van der Waals surface area contributed by atoms with Crippen molar-refractivity contribution < 1.29 is 14.4 Å². The highest BCUT2D eigenvalue weighted by Gasteiger charge is 2.37. The number of fused-ring (bicyclic) bond motifs is 1. The minimum Gasteiger partial charge on any atom is -0.298 e. The fourth-order valence-electron chi connectivity index (χ4n) is 2.70. The summed E-state index contributed by atoms with van der Waals surface area (Å²) in [5.41, 5.74) is 1.38. The van der Waals surface area contributed by atoms with Crippen LogP contribution in [0.2, 0.25) is 0 Å². The first-order valence-electron chi connectivity index (χ1n) is 6.90. The minimum atomic E-state index is -1.15. The van der Waals surface area contributed by atoms with E-state index < -0.39 is 11.7 Å². The lowest BCUT2D eigenvalue weighted by Gasteiger charge is -2.19. The van der Waals surface area contributed by atoms with E-state index in [1.807, 2.05) is 0 Å². The Hall–Kier alpha value is -2.43. The molecular weight excluding hydrogens is 268 g/mol. The second-order valence-electron chi connectivity index (χ2n) is 5.25. The van der Waals surface area contributed by atoms with Crippen molar-refractivity contribution in [2.24, 2.45) is 5.92 Å². The van der Waals surface area contributed by atoms with Crippen LogP contribution in [-0.2, 0) is 9.59 Å². The summed E-state index contributed by atoms with van der Waals surface area (Å²) in [4.78, 5) is 44.8. The van der Waals surface area contributed by atoms with Gasteiger partial charge in [-0.1, -0.05) is 0 Å². The average molecular weight is 282 g/mol. The van der Waals surface area contributed by atoms with Crippen molar-refractivity contribution in [2.75, 3.05) is 0 Å². The summed E-state index contributed by atoms with van der Waals surface area (Å²) in [5.74, 6) is -2.13. The van der Waals surface area contributed by atoms with Gasteiger partial charge in [-0.25, -0.2) is 9.97 Å². The molecule has 1 aliphatic carbocycles. The lowest BCUT2D eigenvalue weighted by Crippen LogP contribution is -2.35. The summed E-state index contributed by atoms with van der Waals surface area (Å²) in [7, 11) is 0. The van der Waals surface area contributed by atoms with Gasteiger partial charge in [0.25, 0.3) is 0 Å². The standard InChI is InChI=1S/C16H14N2O3/c1-9-11(8-10-4-3-7-17-16(10)18-9)15(21)14-12(19)5-2-6-13(14)20/h3-4,7-8,14H,2,5-6H2,1H3. The molecule has 1 saturated carbocycles. The molecule has 106 valence electrons. The Morgan fingerprint density at radius 2 is 1.95 bits per heavy atom. The molecule has 1 aliphatic rings. The molecule has 5 nitrogen and oxygen atoms in total.